The summed E-state index contributed by atoms with van der Waals surface area (Å²) >= 11 is 0. The van der Waals surface area contributed by atoms with Crippen molar-refractivity contribution in [3.05, 3.63) is 0 Å². The summed E-state index contributed by atoms with van der Waals surface area (Å²) in [5.41, 5.74) is 0.368. The van der Waals surface area contributed by atoms with Crippen molar-refractivity contribution >= 4 is 0 Å². The van der Waals surface area contributed by atoms with Crippen LogP contribution in [0.15, 0.2) is 0 Å². The fourth-order valence-corrected chi connectivity index (χ4v) is 4.62. The second kappa shape index (κ2) is 7.46. The first-order chi connectivity index (χ1) is 9.97. The Balaban J connectivity index is 2.08. The van der Waals surface area contributed by atoms with Crippen molar-refractivity contribution in [2.24, 2.45) is 11.3 Å². The molecule has 2 aliphatic rings. The van der Waals surface area contributed by atoms with Crippen molar-refractivity contribution in [2.75, 3.05) is 13.1 Å². The molecule has 1 aliphatic carbocycles. The SMILES string of the molecule is CCC(CC)N1CC(C2CCCCC2)NCC1C(C)(C)C. The lowest BCUT2D eigenvalue weighted by Gasteiger charge is -2.51. The van der Waals surface area contributed by atoms with Gasteiger partial charge in [0, 0.05) is 31.2 Å². The summed E-state index contributed by atoms with van der Waals surface area (Å²) in [6.45, 7) is 14.4. The van der Waals surface area contributed by atoms with Gasteiger partial charge in [-0.25, -0.2) is 0 Å². The Morgan fingerprint density at radius 2 is 1.67 bits per heavy atom. The number of nitrogens with one attached hydrogen (secondary N) is 1. The first-order valence-electron chi connectivity index (χ1n) is 9.46. The zero-order chi connectivity index (χ0) is 15.5. The van der Waals surface area contributed by atoms with Crippen LogP contribution in [0.25, 0.3) is 0 Å². The molecule has 1 saturated heterocycles. The standard InChI is InChI=1S/C19H38N2/c1-6-16(7-2)21-14-17(15-11-9-8-10-12-15)20-13-18(21)19(3,4)5/h15-18,20H,6-14H2,1-5H3. The number of hydrogen-bond donors (Lipinski definition) is 1. The van der Waals surface area contributed by atoms with Gasteiger partial charge in [0.15, 0.2) is 0 Å². The highest BCUT2D eigenvalue weighted by molar-refractivity contribution is 4.97. The van der Waals surface area contributed by atoms with Gasteiger partial charge in [-0.05, 0) is 37.0 Å². The van der Waals surface area contributed by atoms with Gasteiger partial charge in [0.25, 0.3) is 0 Å². The molecular formula is C19H38N2. The Morgan fingerprint density at radius 3 is 2.19 bits per heavy atom. The number of rotatable bonds is 4. The van der Waals surface area contributed by atoms with Crippen LogP contribution < -0.4 is 5.32 Å². The minimum absolute atomic E-state index is 0.368. The maximum Gasteiger partial charge on any atom is 0.0272 e. The van der Waals surface area contributed by atoms with E-state index in [2.05, 4.69) is 44.8 Å². The normalized spacial score (nSPS) is 30.0. The van der Waals surface area contributed by atoms with E-state index in [1.807, 2.05) is 0 Å². The Labute approximate surface area is 133 Å². The fourth-order valence-electron chi connectivity index (χ4n) is 4.62. The lowest BCUT2D eigenvalue weighted by molar-refractivity contribution is 0.00362. The zero-order valence-electron chi connectivity index (χ0n) is 15.1. The lowest BCUT2D eigenvalue weighted by atomic mass is 9.78. The molecule has 0 amide bonds. The highest BCUT2D eigenvalue weighted by Crippen LogP contribution is 2.33. The van der Waals surface area contributed by atoms with Crippen LogP contribution in [-0.2, 0) is 0 Å². The molecule has 0 aromatic rings. The van der Waals surface area contributed by atoms with Crippen molar-refractivity contribution in [1.82, 2.24) is 10.2 Å². The first-order valence-corrected chi connectivity index (χ1v) is 9.46. The van der Waals surface area contributed by atoms with Gasteiger partial charge in [0.1, 0.15) is 0 Å². The van der Waals surface area contributed by atoms with E-state index in [-0.39, 0.29) is 0 Å². The Hall–Kier alpha value is -0.0800. The van der Waals surface area contributed by atoms with E-state index >= 15 is 0 Å². The van der Waals surface area contributed by atoms with E-state index in [1.54, 1.807) is 0 Å². The van der Waals surface area contributed by atoms with E-state index in [1.165, 1.54) is 58.0 Å². The van der Waals surface area contributed by atoms with Crippen LogP contribution >= 0.6 is 0 Å². The molecule has 2 nitrogen and oxygen atoms in total. The molecule has 21 heavy (non-hydrogen) atoms. The molecule has 1 saturated carbocycles. The van der Waals surface area contributed by atoms with E-state index in [9.17, 15) is 0 Å². The highest BCUT2D eigenvalue weighted by atomic mass is 15.3. The Bertz CT molecular complexity index is 297. The molecule has 0 spiro atoms. The summed E-state index contributed by atoms with van der Waals surface area (Å²) < 4.78 is 0. The molecule has 2 heteroatoms. The molecule has 0 aromatic heterocycles. The molecule has 2 unspecified atom stereocenters. The number of piperazine rings is 1. The van der Waals surface area contributed by atoms with Gasteiger partial charge in [-0.1, -0.05) is 53.9 Å². The predicted molar refractivity (Wildman–Crippen MR) is 92.7 cm³/mol. The fraction of sp³-hybridized carbons (Fsp3) is 1.00. The van der Waals surface area contributed by atoms with Crippen LogP contribution in [0.5, 0.6) is 0 Å². The van der Waals surface area contributed by atoms with Gasteiger partial charge >= 0.3 is 0 Å². The Kier molecular flexibility index (Phi) is 6.14. The van der Waals surface area contributed by atoms with Crippen LogP contribution in [0.2, 0.25) is 0 Å². The second-order valence-electron chi connectivity index (χ2n) is 8.46. The van der Waals surface area contributed by atoms with Crippen LogP contribution in [0.4, 0.5) is 0 Å². The molecule has 2 atom stereocenters. The molecule has 2 rings (SSSR count). The minimum atomic E-state index is 0.368. The van der Waals surface area contributed by atoms with Crippen LogP contribution in [0.1, 0.15) is 79.6 Å². The van der Waals surface area contributed by atoms with Crippen molar-refractivity contribution in [3.8, 4) is 0 Å². The van der Waals surface area contributed by atoms with Gasteiger partial charge in [-0.15, -0.1) is 0 Å². The van der Waals surface area contributed by atoms with Gasteiger partial charge in [0.2, 0.25) is 0 Å². The molecule has 0 aromatic carbocycles. The quantitative estimate of drug-likeness (QED) is 0.824. The van der Waals surface area contributed by atoms with Crippen LogP contribution in [-0.4, -0.2) is 36.1 Å². The average Bonchev–Trinajstić information content (AvgIpc) is 2.48. The van der Waals surface area contributed by atoms with Crippen molar-refractivity contribution in [1.29, 1.82) is 0 Å². The summed E-state index contributed by atoms with van der Waals surface area (Å²) in [5.74, 6) is 0.927. The summed E-state index contributed by atoms with van der Waals surface area (Å²) in [4.78, 5) is 2.87. The summed E-state index contributed by atoms with van der Waals surface area (Å²) in [5, 5.41) is 3.94. The first kappa shape index (κ1) is 17.3. The van der Waals surface area contributed by atoms with Gasteiger partial charge in [0.05, 0.1) is 0 Å². The average molecular weight is 295 g/mol. The molecule has 2 fully saturated rings. The largest absolute Gasteiger partial charge is 0.311 e. The maximum atomic E-state index is 3.94. The summed E-state index contributed by atoms with van der Waals surface area (Å²) in [6.07, 6.45) is 9.86. The predicted octanol–water partition coefficient (Wildman–Crippen LogP) is 4.44. The van der Waals surface area contributed by atoms with Crippen LogP contribution in [0, 0.1) is 11.3 Å². The van der Waals surface area contributed by atoms with Gasteiger partial charge in [-0.3, -0.25) is 4.90 Å². The third-order valence-corrected chi connectivity index (χ3v) is 6.01. The third-order valence-electron chi connectivity index (χ3n) is 6.01. The minimum Gasteiger partial charge on any atom is -0.311 e. The van der Waals surface area contributed by atoms with Crippen molar-refractivity contribution in [2.45, 2.75) is 97.7 Å². The van der Waals surface area contributed by atoms with Crippen molar-refractivity contribution in [3.63, 3.8) is 0 Å². The van der Waals surface area contributed by atoms with E-state index in [4.69, 9.17) is 0 Å². The maximum absolute atomic E-state index is 3.94. The molecule has 124 valence electrons. The van der Waals surface area contributed by atoms with Gasteiger partial charge in [-0.2, -0.15) is 0 Å². The van der Waals surface area contributed by atoms with Crippen molar-refractivity contribution < 1.29 is 0 Å². The topological polar surface area (TPSA) is 15.3 Å². The molecule has 0 bridgehead atoms. The molecule has 0 radical (unpaired) electrons. The number of nitrogens with zero attached hydrogens (tertiary/aromatic N) is 1. The molecule has 1 N–H and O–H groups in total. The number of hydrogen-bond acceptors (Lipinski definition) is 2. The highest BCUT2D eigenvalue weighted by Gasteiger charge is 2.39. The molecular weight excluding hydrogens is 256 g/mol. The zero-order valence-corrected chi connectivity index (χ0v) is 15.1. The Morgan fingerprint density at radius 1 is 1.05 bits per heavy atom. The summed E-state index contributed by atoms with van der Waals surface area (Å²) in [7, 11) is 0. The molecule has 1 aliphatic heterocycles. The van der Waals surface area contributed by atoms with Crippen LogP contribution in [0.3, 0.4) is 0 Å². The van der Waals surface area contributed by atoms with Gasteiger partial charge < -0.3 is 5.32 Å². The molecule has 1 heterocycles. The van der Waals surface area contributed by atoms with E-state index in [0.29, 0.717) is 11.5 Å². The van der Waals surface area contributed by atoms with E-state index < -0.39 is 0 Å². The lowest BCUT2D eigenvalue weighted by Crippen LogP contribution is -2.64. The third kappa shape index (κ3) is 4.22. The smallest absolute Gasteiger partial charge is 0.0272 e. The second-order valence-corrected chi connectivity index (χ2v) is 8.46. The van der Waals surface area contributed by atoms with E-state index in [0.717, 1.165) is 18.0 Å². The monoisotopic (exact) mass is 294 g/mol. The summed E-state index contributed by atoms with van der Waals surface area (Å²) in [6, 6.07) is 2.19.